The second-order valence-corrected chi connectivity index (χ2v) is 6.32. The number of aryl methyl sites for hydroxylation is 2. The lowest BCUT2D eigenvalue weighted by Crippen LogP contribution is -2.52. The van der Waals surface area contributed by atoms with Crippen LogP contribution in [0.1, 0.15) is 25.2 Å². The molecule has 1 aliphatic heterocycles. The number of carbonyl (C=O) groups excluding carboxylic acids is 1. The molecule has 1 aliphatic rings. The Morgan fingerprint density at radius 1 is 1.32 bits per heavy atom. The van der Waals surface area contributed by atoms with Crippen molar-refractivity contribution in [2.24, 2.45) is 5.92 Å². The number of carbonyl (C=O) groups is 1. The number of hydrogen-bond acceptors (Lipinski definition) is 3. The van der Waals surface area contributed by atoms with Crippen molar-refractivity contribution in [3.63, 3.8) is 0 Å². The summed E-state index contributed by atoms with van der Waals surface area (Å²) in [6.45, 7) is 14.6. The molecule has 0 spiro atoms. The number of rotatable bonds is 5. The molecule has 22 heavy (non-hydrogen) atoms. The first kappa shape index (κ1) is 16.8. The Hall–Kier alpha value is -1.56. The van der Waals surface area contributed by atoms with Gasteiger partial charge in [0.1, 0.15) is 0 Å². The smallest absolute Gasteiger partial charge is 0.317 e. The van der Waals surface area contributed by atoms with Gasteiger partial charge in [-0.1, -0.05) is 13.8 Å². The molecule has 1 saturated heterocycles. The Kier molecular flexibility index (Phi) is 5.83. The van der Waals surface area contributed by atoms with Gasteiger partial charge in [0.15, 0.2) is 0 Å². The molecular weight excluding hydrogens is 278 g/mol. The zero-order valence-corrected chi connectivity index (χ0v) is 14.3. The summed E-state index contributed by atoms with van der Waals surface area (Å²) in [5.41, 5.74) is 2.22. The summed E-state index contributed by atoms with van der Waals surface area (Å²) < 4.78 is 2.02. The van der Waals surface area contributed by atoms with Gasteiger partial charge in [0.2, 0.25) is 0 Å². The summed E-state index contributed by atoms with van der Waals surface area (Å²) in [6, 6.07) is 2.15. The highest BCUT2D eigenvalue weighted by atomic mass is 16.2. The highest BCUT2D eigenvalue weighted by Crippen LogP contribution is 2.06. The summed E-state index contributed by atoms with van der Waals surface area (Å²) in [6.07, 6.45) is 0. The van der Waals surface area contributed by atoms with Crippen LogP contribution in [0.25, 0.3) is 0 Å². The van der Waals surface area contributed by atoms with Crippen LogP contribution < -0.4 is 5.32 Å². The van der Waals surface area contributed by atoms with Crippen molar-refractivity contribution >= 4 is 6.03 Å². The maximum Gasteiger partial charge on any atom is 0.317 e. The van der Waals surface area contributed by atoms with Crippen LogP contribution in [0.3, 0.4) is 0 Å². The zero-order valence-electron chi connectivity index (χ0n) is 14.3. The number of piperazine rings is 1. The van der Waals surface area contributed by atoms with Gasteiger partial charge in [0.25, 0.3) is 0 Å². The zero-order chi connectivity index (χ0) is 16.1. The first-order valence-electron chi connectivity index (χ1n) is 8.25. The van der Waals surface area contributed by atoms with Crippen molar-refractivity contribution in [2.45, 2.75) is 34.2 Å². The van der Waals surface area contributed by atoms with Crippen LogP contribution in [0, 0.1) is 19.8 Å². The molecule has 2 rings (SSSR count). The second kappa shape index (κ2) is 7.63. The van der Waals surface area contributed by atoms with Crippen molar-refractivity contribution in [3.05, 3.63) is 17.5 Å². The largest absolute Gasteiger partial charge is 0.338 e. The van der Waals surface area contributed by atoms with E-state index in [-0.39, 0.29) is 6.03 Å². The van der Waals surface area contributed by atoms with Crippen LogP contribution in [0.15, 0.2) is 6.07 Å². The van der Waals surface area contributed by atoms with Gasteiger partial charge in [-0.05, 0) is 32.4 Å². The molecule has 1 atom stereocenters. The lowest BCUT2D eigenvalue weighted by Gasteiger charge is -2.34. The minimum atomic E-state index is 0.0657. The monoisotopic (exact) mass is 307 g/mol. The van der Waals surface area contributed by atoms with E-state index in [9.17, 15) is 4.79 Å². The molecule has 1 aromatic rings. The highest BCUT2D eigenvalue weighted by Gasteiger charge is 2.20. The maximum atomic E-state index is 12.2. The summed E-state index contributed by atoms with van der Waals surface area (Å²) in [4.78, 5) is 16.5. The van der Waals surface area contributed by atoms with Crippen LogP contribution in [0.4, 0.5) is 4.79 Å². The second-order valence-electron chi connectivity index (χ2n) is 6.32. The third-order valence-corrected chi connectivity index (χ3v) is 4.30. The molecule has 0 saturated carbocycles. The number of aromatic nitrogens is 2. The van der Waals surface area contributed by atoms with E-state index in [2.05, 4.69) is 42.2 Å². The van der Waals surface area contributed by atoms with Crippen molar-refractivity contribution in [1.29, 1.82) is 0 Å². The molecule has 1 fully saturated rings. The van der Waals surface area contributed by atoms with Crippen LogP contribution >= 0.6 is 0 Å². The molecule has 1 N–H and O–H groups in total. The van der Waals surface area contributed by atoms with Gasteiger partial charge in [-0.15, -0.1) is 0 Å². The van der Waals surface area contributed by atoms with E-state index in [4.69, 9.17) is 0 Å². The Morgan fingerprint density at radius 2 is 2.00 bits per heavy atom. The summed E-state index contributed by atoms with van der Waals surface area (Å²) in [5, 5.41) is 7.53. The van der Waals surface area contributed by atoms with Crippen LogP contribution in [-0.2, 0) is 6.54 Å². The average Bonchev–Trinajstić information content (AvgIpc) is 2.82. The van der Waals surface area contributed by atoms with Crippen LogP contribution in [0.2, 0.25) is 0 Å². The Labute approximate surface area is 133 Å². The number of amides is 2. The molecule has 0 bridgehead atoms. The molecule has 6 heteroatoms. The lowest BCUT2D eigenvalue weighted by molar-refractivity contribution is 0.142. The fourth-order valence-corrected chi connectivity index (χ4v) is 2.86. The topological polar surface area (TPSA) is 53.4 Å². The van der Waals surface area contributed by atoms with Gasteiger partial charge in [0, 0.05) is 45.0 Å². The summed E-state index contributed by atoms with van der Waals surface area (Å²) in [5.74, 6) is 0.360. The normalized spacial score (nSPS) is 17.5. The third kappa shape index (κ3) is 4.47. The van der Waals surface area contributed by atoms with Crippen molar-refractivity contribution in [2.75, 3.05) is 39.3 Å². The van der Waals surface area contributed by atoms with E-state index in [1.807, 2.05) is 16.5 Å². The van der Waals surface area contributed by atoms with Crippen molar-refractivity contribution in [3.8, 4) is 0 Å². The molecule has 6 nitrogen and oxygen atoms in total. The van der Waals surface area contributed by atoms with Crippen LogP contribution in [0.5, 0.6) is 0 Å². The van der Waals surface area contributed by atoms with E-state index >= 15 is 0 Å². The van der Waals surface area contributed by atoms with Gasteiger partial charge in [-0.3, -0.25) is 4.68 Å². The predicted octanol–water partition coefficient (Wildman–Crippen LogP) is 1.48. The number of urea groups is 1. The van der Waals surface area contributed by atoms with E-state index in [0.29, 0.717) is 12.5 Å². The van der Waals surface area contributed by atoms with E-state index in [1.165, 1.54) is 5.69 Å². The number of nitrogens with zero attached hydrogens (tertiary/aromatic N) is 4. The molecular formula is C16H29N5O. The first-order valence-corrected chi connectivity index (χ1v) is 8.25. The molecule has 1 aromatic heterocycles. The Morgan fingerprint density at radius 3 is 2.55 bits per heavy atom. The maximum absolute atomic E-state index is 12.2. The van der Waals surface area contributed by atoms with Gasteiger partial charge in [-0.2, -0.15) is 5.10 Å². The van der Waals surface area contributed by atoms with Crippen LogP contribution in [-0.4, -0.2) is 64.9 Å². The minimum absolute atomic E-state index is 0.0657. The summed E-state index contributed by atoms with van der Waals surface area (Å²) in [7, 11) is 0. The SMILES string of the molecule is CCN1CCN(C(=O)NCC(C)Cn2nc(C)cc2C)CC1. The summed E-state index contributed by atoms with van der Waals surface area (Å²) >= 11 is 0. The highest BCUT2D eigenvalue weighted by molar-refractivity contribution is 5.74. The third-order valence-electron chi connectivity index (χ3n) is 4.30. The van der Waals surface area contributed by atoms with Gasteiger partial charge >= 0.3 is 6.03 Å². The Bertz CT molecular complexity index is 491. The molecule has 2 heterocycles. The molecule has 1 unspecified atom stereocenters. The average molecular weight is 307 g/mol. The fraction of sp³-hybridized carbons (Fsp3) is 0.750. The lowest BCUT2D eigenvalue weighted by atomic mass is 10.2. The van der Waals surface area contributed by atoms with Gasteiger partial charge < -0.3 is 15.1 Å². The quantitative estimate of drug-likeness (QED) is 0.896. The van der Waals surface area contributed by atoms with E-state index in [1.54, 1.807) is 0 Å². The molecule has 124 valence electrons. The molecule has 0 aliphatic carbocycles. The standard InChI is InChI=1S/C16H29N5O/c1-5-19-6-8-20(9-7-19)16(22)17-11-13(2)12-21-15(4)10-14(3)18-21/h10,13H,5-9,11-12H2,1-4H3,(H,17,22). The number of hydrogen-bond donors (Lipinski definition) is 1. The molecule has 2 amide bonds. The fourth-order valence-electron chi connectivity index (χ4n) is 2.86. The van der Waals surface area contributed by atoms with Crippen molar-refractivity contribution < 1.29 is 4.79 Å². The van der Waals surface area contributed by atoms with E-state index < -0.39 is 0 Å². The number of nitrogens with one attached hydrogen (secondary N) is 1. The predicted molar refractivity (Wildman–Crippen MR) is 88.0 cm³/mol. The minimum Gasteiger partial charge on any atom is -0.338 e. The van der Waals surface area contributed by atoms with Gasteiger partial charge in [-0.25, -0.2) is 4.79 Å². The first-order chi connectivity index (χ1) is 10.5. The van der Waals surface area contributed by atoms with Gasteiger partial charge in [0.05, 0.1) is 5.69 Å². The number of likely N-dealkylation sites (N-methyl/N-ethyl adjacent to an activating group) is 1. The molecule has 0 aromatic carbocycles. The van der Waals surface area contributed by atoms with Crippen molar-refractivity contribution in [1.82, 2.24) is 24.9 Å². The van der Waals surface area contributed by atoms with E-state index in [0.717, 1.165) is 45.0 Å². The Balaban J connectivity index is 1.73. The molecule has 0 radical (unpaired) electrons.